The summed E-state index contributed by atoms with van der Waals surface area (Å²) in [5.41, 5.74) is 4.75. The number of nitrogens with zero attached hydrogens (tertiary/aromatic N) is 1. The molecule has 0 atom stereocenters. The highest BCUT2D eigenvalue weighted by atomic mass is 32.2. The van der Waals surface area contributed by atoms with E-state index in [1.165, 1.54) is 5.56 Å². The molecule has 1 aromatic carbocycles. The van der Waals surface area contributed by atoms with E-state index >= 15 is 0 Å². The van der Waals surface area contributed by atoms with Crippen LogP contribution in [-0.2, 0) is 10.5 Å². The van der Waals surface area contributed by atoms with E-state index in [4.69, 9.17) is 0 Å². The van der Waals surface area contributed by atoms with Gasteiger partial charge in [-0.15, -0.1) is 11.8 Å². The number of thioether (sulfide) groups is 1. The van der Waals surface area contributed by atoms with Crippen LogP contribution in [0.5, 0.6) is 0 Å². The van der Waals surface area contributed by atoms with Crippen LogP contribution in [-0.4, -0.2) is 17.4 Å². The molecule has 0 aliphatic heterocycles. The summed E-state index contributed by atoms with van der Waals surface area (Å²) in [6.45, 7) is 8.14. The van der Waals surface area contributed by atoms with Gasteiger partial charge in [0.15, 0.2) is 0 Å². The molecule has 104 valence electrons. The zero-order valence-electron chi connectivity index (χ0n) is 12.1. The number of rotatable bonds is 5. The van der Waals surface area contributed by atoms with Gasteiger partial charge in [-0.2, -0.15) is 5.10 Å². The van der Waals surface area contributed by atoms with Crippen molar-refractivity contribution in [3.05, 3.63) is 35.9 Å². The first-order valence-electron chi connectivity index (χ1n) is 6.35. The minimum atomic E-state index is -0.0514. The summed E-state index contributed by atoms with van der Waals surface area (Å²) < 4.78 is 0. The fourth-order valence-corrected chi connectivity index (χ4v) is 1.96. The first-order valence-corrected chi connectivity index (χ1v) is 7.50. The summed E-state index contributed by atoms with van der Waals surface area (Å²) in [4.78, 5) is 11.6. The first-order chi connectivity index (χ1) is 8.89. The molecule has 1 rings (SSSR count). The number of nitrogens with one attached hydrogen (secondary N) is 1. The summed E-state index contributed by atoms with van der Waals surface area (Å²) in [5, 5.41) is 4.12. The Hall–Kier alpha value is -1.29. The molecule has 3 nitrogen and oxygen atoms in total. The molecule has 1 N–H and O–H groups in total. The summed E-state index contributed by atoms with van der Waals surface area (Å²) in [7, 11) is 0. The lowest BCUT2D eigenvalue weighted by Gasteiger charge is -2.17. The van der Waals surface area contributed by atoms with Gasteiger partial charge in [0.25, 0.3) is 0 Å². The van der Waals surface area contributed by atoms with Gasteiger partial charge in [0.2, 0.25) is 5.91 Å². The third kappa shape index (κ3) is 6.43. The average Bonchev–Trinajstić information content (AvgIpc) is 2.36. The van der Waals surface area contributed by atoms with Crippen molar-refractivity contribution in [2.45, 2.75) is 33.4 Å². The number of hydrogen-bond donors (Lipinski definition) is 1. The molecule has 0 aromatic heterocycles. The van der Waals surface area contributed by atoms with E-state index in [0.717, 1.165) is 11.5 Å². The molecule has 19 heavy (non-hydrogen) atoms. The Morgan fingerprint density at radius 2 is 1.89 bits per heavy atom. The molecule has 0 unspecified atom stereocenters. The Labute approximate surface area is 119 Å². The van der Waals surface area contributed by atoms with Gasteiger partial charge in [0.05, 0.1) is 5.75 Å². The summed E-state index contributed by atoms with van der Waals surface area (Å²) in [6, 6.07) is 10.1. The van der Waals surface area contributed by atoms with Crippen LogP contribution in [0.25, 0.3) is 0 Å². The molecule has 0 aliphatic rings. The molecule has 0 fully saturated rings. The minimum absolute atomic E-state index is 0.00946. The average molecular weight is 278 g/mol. The number of benzene rings is 1. The van der Waals surface area contributed by atoms with Crippen molar-refractivity contribution in [1.82, 2.24) is 5.43 Å². The van der Waals surface area contributed by atoms with E-state index in [2.05, 4.69) is 43.4 Å². The van der Waals surface area contributed by atoms with E-state index in [0.29, 0.717) is 5.75 Å². The van der Waals surface area contributed by atoms with Crippen molar-refractivity contribution in [3.8, 4) is 0 Å². The Kier molecular flexibility index (Phi) is 6.09. The maximum atomic E-state index is 11.6. The van der Waals surface area contributed by atoms with Crippen molar-refractivity contribution in [1.29, 1.82) is 0 Å². The largest absolute Gasteiger partial charge is 0.272 e. The Bertz CT molecular complexity index is 435. The summed E-state index contributed by atoms with van der Waals surface area (Å²) in [5.74, 6) is 1.22. The van der Waals surface area contributed by atoms with Crippen LogP contribution < -0.4 is 5.43 Å². The Morgan fingerprint density at radius 3 is 2.47 bits per heavy atom. The molecule has 1 amide bonds. The lowest BCUT2D eigenvalue weighted by molar-refractivity contribution is -0.118. The predicted molar refractivity (Wildman–Crippen MR) is 83.3 cm³/mol. The van der Waals surface area contributed by atoms with Crippen LogP contribution in [0.1, 0.15) is 33.3 Å². The van der Waals surface area contributed by atoms with E-state index < -0.39 is 0 Å². The first kappa shape index (κ1) is 15.8. The molecule has 0 spiro atoms. The van der Waals surface area contributed by atoms with Crippen molar-refractivity contribution in [2.24, 2.45) is 10.5 Å². The summed E-state index contributed by atoms with van der Waals surface area (Å²) >= 11 is 1.59. The van der Waals surface area contributed by atoms with Crippen molar-refractivity contribution in [3.63, 3.8) is 0 Å². The zero-order valence-corrected chi connectivity index (χ0v) is 12.9. The minimum Gasteiger partial charge on any atom is -0.272 e. The van der Waals surface area contributed by atoms with Gasteiger partial charge in [0.1, 0.15) is 0 Å². The molecule has 1 aromatic rings. The SMILES string of the molecule is C/C(=N/NC(=O)CSCc1ccccc1)C(C)(C)C. The van der Waals surface area contributed by atoms with Crippen LogP contribution in [0.4, 0.5) is 0 Å². The highest BCUT2D eigenvalue weighted by Crippen LogP contribution is 2.15. The summed E-state index contributed by atoms with van der Waals surface area (Å²) in [6.07, 6.45) is 0. The van der Waals surface area contributed by atoms with Gasteiger partial charge in [-0.25, -0.2) is 5.43 Å². The second-order valence-corrected chi connectivity index (χ2v) is 6.45. The van der Waals surface area contributed by atoms with E-state index in [9.17, 15) is 4.79 Å². The quantitative estimate of drug-likeness (QED) is 0.662. The van der Waals surface area contributed by atoms with Gasteiger partial charge >= 0.3 is 0 Å². The molecular weight excluding hydrogens is 256 g/mol. The van der Waals surface area contributed by atoms with Crippen LogP contribution in [0.2, 0.25) is 0 Å². The lowest BCUT2D eigenvalue weighted by Crippen LogP contribution is -2.25. The molecule has 4 heteroatoms. The normalized spacial score (nSPS) is 12.3. The van der Waals surface area contributed by atoms with E-state index in [1.807, 2.05) is 25.1 Å². The second kappa shape index (κ2) is 7.34. The lowest BCUT2D eigenvalue weighted by atomic mass is 9.91. The molecule has 0 bridgehead atoms. The number of carbonyl (C=O) groups is 1. The molecule has 0 radical (unpaired) electrons. The van der Waals surface area contributed by atoms with Crippen LogP contribution in [0.3, 0.4) is 0 Å². The number of hydrogen-bond acceptors (Lipinski definition) is 3. The highest BCUT2D eigenvalue weighted by Gasteiger charge is 2.14. The third-order valence-corrected chi connectivity index (χ3v) is 3.78. The molecule has 0 aliphatic carbocycles. The van der Waals surface area contributed by atoms with Gasteiger partial charge in [-0.05, 0) is 12.5 Å². The van der Waals surface area contributed by atoms with Crippen molar-refractivity contribution < 1.29 is 4.79 Å². The van der Waals surface area contributed by atoms with Gasteiger partial charge < -0.3 is 0 Å². The number of hydrazone groups is 1. The van der Waals surface area contributed by atoms with E-state index in [-0.39, 0.29) is 11.3 Å². The molecule has 0 saturated carbocycles. The highest BCUT2D eigenvalue weighted by molar-refractivity contribution is 7.99. The smallest absolute Gasteiger partial charge is 0.250 e. The standard InChI is InChI=1S/C15H22N2OS/c1-12(15(2,3)4)16-17-14(18)11-19-10-13-8-6-5-7-9-13/h5-9H,10-11H2,1-4H3,(H,17,18)/b16-12-. The molecular formula is C15H22N2OS. The molecule has 0 saturated heterocycles. The molecule has 0 heterocycles. The van der Waals surface area contributed by atoms with Crippen LogP contribution >= 0.6 is 11.8 Å². The maximum absolute atomic E-state index is 11.6. The predicted octanol–water partition coefficient (Wildman–Crippen LogP) is 3.46. The van der Waals surface area contributed by atoms with Crippen LogP contribution in [0.15, 0.2) is 35.4 Å². The Balaban J connectivity index is 2.29. The number of amides is 1. The monoisotopic (exact) mass is 278 g/mol. The maximum Gasteiger partial charge on any atom is 0.250 e. The second-order valence-electron chi connectivity index (χ2n) is 5.46. The van der Waals surface area contributed by atoms with Crippen molar-refractivity contribution >= 4 is 23.4 Å². The topological polar surface area (TPSA) is 41.5 Å². The van der Waals surface area contributed by atoms with Crippen molar-refractivity contribution in [2.75, 3.05) is 5.75 Å². The fourth-order valence-electron chi connectivity index (χ4n) is 1.18. The third-order valence-electron chi connectivity index (χ3n) is 2.78. The number of carbonyl (C=O) groups excluding carboxylic acids is 1. The van der Waals surface area contributed by atoms with Crippen LogP contribution in [0, 0.1) is 5.41 Å². The zero-order chi connectivity index (χ0) is 14.3. The Morgan fingerprint density at radius 1 is 1.26 bits per heavy atom. The van der Waals surface area contributed by atoms with E-state index in [1.54, 1.807) is 11.8 Å². The van der Waals surface area contributed by atoms with Gasteiger partial charge in [-0.1, -0.05) is 51.1 Å². The van der Waals surface area contributed by atoms with Gasteiger partial charge in [0, 0.05) is 16.9 Å². The fraction of sp³-hybridized carbons (Fsp3) is 0.467. The van der Waals surface area contributed by atoms with Gasteiger partial charge in [-0.3, -0.25) is 4.79 Å².